The molecule has 2 aromatic carbocycles. The second-order valence-corrected chi connectivity index (χ2v) is 5.86. The van der Waals surface area contributed by atoms with Gasteiger partial charge in [0, 0.05) is 10.5 Å². The average molecular weight is 385 g/mol. The van der Waals surface area contributed by atoms with Crippen molar-refractivity contribution in [2.75, 3.05) is 19.5 Å². The molecule has 0 unspecified atom stereocenters. The first-order chi connectivity index (χ1) is 10.5. The van der Waals surface area contributed by atoms with E-state index in [4.69, 9.17) is 21.1 Å². The first kappa shape index (κ1) is 16.6. The molecule has 0 aliphatic rings. The zero-order chi connectivity index (χ0) is 16.1. The van der Waals surface area contributed by atoms with Crippen molar-refractivity contribution in [3.8, 4) is 11.5 Å². The lowest BCUT2D eigenvalue weighted by Crippen LogP contribution is -2.15. The number of carbonyl (C=O) groups excluding carboxylic acids is 1. The van der Waals surface area contributed by atoms with Crippen molar-refractivity contribution in [2.45, 2.75) is 6.42 Å². The van der Waals surface area contributed by atoms with E-state index in [1.54, 1.807) is 12.1 Å². The topological polar surface area (TPSA) is 47.6 Å². The van der Waals surface area contributed by atoms with Gasteiger partial charge in [0.15, 0.2) is 0 Å². The van der Waals surface area contributed by atoms with Crippen LogP contribution in [0.3, 0.4) is 0 Å². The molecule has 0 atom stereocenters. The van der Waals surface area contributed by atoms with Crippen molar-refractivity contribution in [2.24, 2.45) is 0 Å². The maximum Gasteiger partial charge on any atom is 0.228 e. The lowest BCUT2D eigenvalue weighted by molar-refractivity contribution is -0.115. The fourth-order valence-electron chi connectivity index (χ4n) is 1.94. The molecule has 2 aromatic rings. The van der Waals surface area contributed by atoms with Gasteiger partial charge in [-0.05, 0) is 23.8 Å². The van der Waals surface area contributed by atoms with E-state index in [1.165, 1.54) is 14.2 Å². The Kier molecular flexibility index (Phi) is 5.69. The molecule has 6 heteroatoms. The average Bonchev–Trinajstić information content (AvgIpc) is 2.50. The van der Waals surface area contributed by atoms with Crippen molar-refractivity contribution in [3.63, 3.8) is 0 Å². The zero-order valence-corrected chi connectivity index (χ0v) is 14.5. The van der Waals surface area contributed by atoms with E-state index in [-0.39, 0.29) is 12.3 Å². The van der Waals surface area contributed by atoms with E-state index < -0.39 is 0 Å². The summed E-state index contributed by atoms with van der Waals surface area (Å²) in [5, 5.41) is 3.21. The van der Waals surface area contributed by atoms with Crippen LogP contribution >= 0.6 is 27.5 Å². The van der Waals surface area contributed by atoms with Gasteiger partial charge in [0.1, 0.15) is 11.5 Å². The van der Waals surface area contributed by atoms with Crippen molar-refractivity contribution < 1.29 is 14.3 Å². The number of amides is 1. The molecule has 1 amide bonds. The second-order valence-electron chi connectivity index (χ2n) is 4.54. The number of hydrogen-bond donors (Lipinski definition) is 1. The summed E-state index contributed by atoms with van der Waals surface area (Å²) in [6.07, 6.45) is 0.264. The smallest absolute Gasteiger partial charge is 0.228 e. The number of methoxy groups -OCH3 is 2. The van der Waals surface area contributed by atoms with Gasteiger partial charge in [-0.2, -0.15) is 0 Å². The van der Waals surface area contributed by atoms with Crippen LogP contribution in [-0.4, -0.2) is 20.1 Å². The summed E-state index contributed by atoms with van der Waals surface area (Å²) < 4.78 is 11.3. The molecule has 0 bridgehead atoms. The second kappa shape index (κ2) is 7.51. The Morgan fingerprint density at radius 1 is 1.14 bits per heavy atom. The Morgan fingerprint density at radius 2 is 1.77 bits per heavy atom. The monoisotopic (exact) mass is 383 g/mol. The quantitative estimate of drug-likeness (QED) is 0.836. The van der Waals surface area contributed by atoms with Crippen LogP contribution < -0.4 is 14.8 Å². The van der Waals surface area contributed by atoms with Crippen molar-refractivity contribution in [1.29, 1.82) is 0 Å². The van der Waals surface area contributed by atoms with Crippen molar-refractivity contribution in [1.82, 2.24) is 0 Å². The van der Waals surface area contributed by atoms with Crippen LogP contribution in [0.25, 0.3) is 0 Å². The van der Waals surface area contributed by atoms with Gasteiger partial charge in [-0.3, -0.25) is 4.79 Å². The molecular formula is C16H15BrClNO3. The van der Waals surface area contributed by atoms with Crippen LogP contribution in [0.2, 0.25) is 5.02 Å². The minimum atomic E-state index is -0.151. The molecule has 4 nitrogen and oxygen atoms in total. The normalized spacial score (nSPS) is 10.2. The van der Waals surface area contributed by atoms with Gasteiger partial charge in [-0.25, -0.2) is 0 Å². The van der Waals surface area contributed by atoms with E-state index in [0.717, 1.165) is 10.0 Å². The molecule has 0 saturated heterocycles. The predicted octanol–water partition coefficient (Wildman–Crippen LogP) is 4.30. The summed E-state index contributed by atoms with van der Waals surface area (Å²) in [6.45, 7) is 0. The number of benzene rings is 2. The number of carbonyl (C=O) groups is 1. The number of rotatable bonds is 5. The van der Waals surface area contributed by atoms with Gasteiger partial charge in [0.2, 0.25) is 5.91 Å². The molecule has 0 fully saturated rings. The molecule has 22 heavy (non-hydrogen) atoms. The van der Waals surface area contributed by atoms with Crippen molar-refractivity contribution >= 4 is 39.1 Å². The molecule has 0 saturated carbocycles. The predicted molar refractivity (Wildman–Crippen MR) is 91.0 cm³/mol. The summed E-state index contributed by atoms with van der Waals surface area (Å²) in [7, 11) is 3.04. The summed E-state index contributed by atoms with van der Waals surface area (Å²) in [5.74, 6) is 0.830. The molecule has 0 spiro atoms. The summed E-state index contributed by atoms with van der Waals surface area (Å²) >= 11 is 9.44. The number of halogens is 2. The van der Waals surface area contributed by atoms with Crippen LogP contribution in [0, 0.1) is 0 Å². The van der Waals surface area contributed by atoms with Crippen LogP contribution in [0.4, 0.5) is 5.69 Å². The minimum Gasteiger partial charge on any atom is -0.495 e. The molecule has 0 heterocycles. The lowest BCUT2D eigenvalue weighted by Gasteiger charge is -2.13. The zero-order valence-electron chi connectivity index (χ0n) is 12.2. The summed E-state index contributed by atoms with van der Waals surface area (Å²) in [6, 6.07) is 10.8. The Hall–Kier alpha value is -1.72. The van der Waals surface area contributed by atoms with E-state index >= 15 is 0 Å². The molecule has 1 N–H and O–H groups in total. The first-order valence-corrected chi connectivity index (χ1v) is 7.66. The summed E-state index contributed by atoms with van der Waals surface area (Å²) in [4.78, 5) is 12.1. The third-order valence-electron chi connectivity index (χ3n) is 3.03. The molecule has 0 aliphatic heterocycles. The minimum absolute atomic E-state index is 0.151. The Balaban J connectivity index is 2.14. The summed E-state index contributed by atoms with van der Waals surface area (Å²) in [5.41, 5.74) is 1.43. The van der Waals surface area contributed by atoms with E-state index in [2.05, 4.69) is 21.2 Å². The largest absolute Gasteiger partial charge is 0.495 e. The fraction of sp³-hybridized carbons (Fsp3) is 0.188. The SMILES string of the molecule is COc1cc(OC)c(NC(=O)Cc2ccc(Br)cc2)cc1Cl. The third kappa shape index (κ3) is 4.15. The molecule has 116 valence electrons. The van der Waals surface area contributed by atoms with E-state index in [0.29, 0.717) is 22.2 Å². The molecule has 0 radical (unpaired) electrons. The van der Waals surface area contributed by atoms with Gasteiger partial charge in [-0.15, -0.1) is 0 Å². The first-order valence-electron chi connectivity index (χ1n) is 6.49. The van der Waals surface area contributed by atoms with Crippen molar-refractivity contribution in [3.05, 3.63) is 51.5 Å². The van der Waals surface area contributed by atoms with Gasteiger partial charge < -0.3 is 14.8 Å². The Bertz CT molecular complexity index is 674. The van der Waals surface area contributed by atoms with Crippen LogP contribution in [0.1, 0.15) is 5.56 Å². The molecule has 0 aromatic heterocycles. The van der Waals surface area contributed by atoms with Crippen LogP contribution in [0.15, 0.2) is 40.9 Å². The standard InChI is InChI=1S/C16H15BrClNO3/c1-21-14-9-15(22-2)13(8-12(14)18)19-16(20)7-10-3-5-11(17)6-4-10/h3-6,8-9H,7H2,1-2H3,(H,19,20). The van der Waals surface area contributed by atoms with E-state index in [1.807, 2.05) is 24.3 Å². The lowest BCUT2D eigenvalue weighted by atomic mass is 10.1. The highest BCUT2D eigenvalue weighted by Gasteiger charge is 2.12. The fourth-order valence-corrected chi connectivity index (χ4v) is 2.44. The van der Waals surface area contributed by atoms with E-state index in [9.17, 15) is 4.79 Å². The Morgan fingerprint density at radius 3 is 2.36 bits per heavy atom. The highest BCUT2D eigenvalue weighted by molar-refractivity contribution is 9.10. The maximum absolute atomic E-state index is 12.1. The number of hydrogen-bond acceptors (Lipinski definition) is 3. The van der Waals surface area contributed by atoms with Gasteiger partial charge in [-0.1, -0.05) is 39.7 Å². The number of ether oxygens (including phenoxy) is 2. The Labute approximate surface area is 142 Å². The van der Waals surface area contributed by atoms with Crippen LogP contribution in [0.5, 0.6) is 11.5 Å². The maximum atomic E-state index is 12.1. The highest BCUT2D eigenvalue weighted by Crippen LogP contribution is 2.35. The number of anilines is 1. The van der Waals surface area contributed by atoms with Gasteiger partial charge in [0.05, 0.1) is 31.4 Å². The molecule has 2 rings (SSSR count). The highest BCUT2D eigenvalue weighted by atomic mass is 79.9. The third-order valence-corrected chi connectivity index (χ3v) is 3.85. The molecule has 0 aliphatic carbocycles. The molecular weight excluding hydrogens is 370 g/mol. The van der Waals surface area contributed by atoms with Crippen LogP contribution in [-0.2, 0) is 11.2 Å². The number of nitrogens with one attached hydrogen (secondary N) is 1. The van der Waals surface area contributed by atoms with Gasteiger partial charge >= 0.3 is 0 Å². The van der Waals surface area contributed by atoms with Gasteiger partial charge in [0.25, 0.3) is 0 Å².